The summed E-state index contributed by atoms with van der Waals surface area (Å²) in [5, 5.41) is 10.5. The van der Waals surface area contributed by atoms with Crippen molar-refractivity contribution in [2.75, 3.05) is 13.1 Å². The van der Waals surface area contributed by atoms with Crippen LogP contribution in [0.5, 0.6) is 0 Å². The molecule has 0 radical (unpaired) electrons. The molecule has 0 spiro atoms. The van der Waals surface area contributed by atoms with Crippen LogP contribution in [0.25, 0.3) is 0 Å². The van der Waals surface area contributed by atoms with E-state index in [9.17, 15) is 5.11 Å². The number of hydrogen-bond acceptors (Lipinski definition) is 3. The highest BCUT2D eigenvalue weighted by molar-refractivity contribution is 5.20. The van der Waals surface area contributed by atoms with Gasteiger partial charge in [-0.2, -0.15) is 0 Å². The zero-order chi connectivity index (χ0) is 16.1. The summed E-state index contributed by atoms with van der Waals surface area (Å²) in [5.41, 5.74) is 8.76. The summed E-state index contributed by atoms with van der Waals surface area (Å²) < 4.78 is 0. The number of nitrogens with zero attached hydrogens (tertiary/aromatic N) is 1. The summed E-state index contributed by atoms with van der Waals surface area (Å²) in [7, 11) is 0. The summed E-state index contributed by atoms with van der Waals surface area (Å²) in [6, 6.07) is 20.9. The van der Waals surface area contributed by atoms with Crippen LogP contribution in [0.3, 0.4) is 0 Å². The largest absolute Gasteiger partial charge is 0.390 e. The van der Waals surface area contributed by atoms with E-state index in [4.69, 9.17) is 5.73 Å². The maximum absolute atomic E-state index is 10.5. The number of rotatable bonds is 6. The van der Waals surface area contributed by atoms with Gasteiger partial charge < -0.3 is 10.8 Å². The molecule has 1 aliphatic heterocycles. The number of β-amino-alcohol motifs (C(OH)–C–C–N with tert-alkyl or cyclic N) is 1. The summed E-state index contributed by atoms with van der Waals surface area (Å²) in [5.74, 6) is 0. The van der Waals surface area contributed by atoms with Crippen LogP contribution in [-0.2, 0) is 6.42 Å². The quantitative estimate of drug-likeness (QED) is 0.862. The number of likely N-dealkylation sites (tertiary alicyclic amines) is 1. The topological polar surface area (TPSA) is 49.5 Å². The van der Waals surface area contributed by atoms with Gasteiger partial charge in [-0.3, -0.25) is 4.90 Å². The minimum absolute atomic E-state index is 0.227. The Labute approximate surface area is 138 Å². The minimum Gasteiger partial charge on any atom is -0.390 e. The fourth-order valence-electron chi connectivity index (χ4n) is 3.50. The predicted molar refractivity (Wildman–Crippen MR) is 94.1 cm³/mol. The van der Waals surface area contributed by atoms with Crippen LogP contribution in [0.1, 0.15) is 30.0 Å². The highest BCUT2D eigenvalue weighted by Crippen LogP contribution is 2.31. The molecule has 0 aliphatic carbocycles. The average Bonchev–Trinajstić information content (AvgIpc) is 3.04. The highest BCUT2D eigenvalue weighted by Gasteiger charge is 2.29. The smallest absolute Gasteiger partial charge is 0.0821 e. The highest BCUT2D eigenvalue weighted by atomic mass is 16.3. The van der Waals surface area contributed by atoms with Gasteiger partial charge in [-0.1, -0.05) is 60.7 Å². The molecule has 3 N–H and O–H groups in total. The molecule has 0 bridgehead atoms. The zero-order valence-corrected chi connectivity index (χ0v) is 13.5. The molecule has 1 fully saturated rings. The molecule has 3 rings (SSSR count). The van der Waals surface area contributed by atoms with E-state index in [0.717, 1.165) is 13.0 Å². The van der Waals surface area contributed by atoms with Gasteiger partial charge in [0.05, 0.1) is 6.10 Å². The summed E-state index contributed by atoms with van der Waals surface area (Å²) in [6.07, 6.45) is 2.55. The van der Waals surface area contributed by atoms with E-state index in [0.29, 0.717) is 19.0 Å². The van der Waals surface area contributed by atoms with Gasteiger partial charge in [-0.15, -0.1) is 0 Å². The molecule has 3 nitrogen and oxygen atoms in total. The van der Waals surface area contributed by atoms with E-state index < -0.39 is 6.10 Å². The monoisotopic (exact) mass is 310 g/mol. The summed E-state index contributed by atoms with van der Waals surface area (Å²) in [4.78, 5) is 2.38. The predicted octanol–water partition coefficient (Wildman–Crippen LogP) is 2.75. The van der Waals surface area contributed by atoms with Crippen LogP contribution in [0.2, 0.25) is 0 Å². The lowest BCUT2D eigenvalue weighted by Crippen LogP contribution is -2.44. The van der Waals surface area contributed by atoms with Crippen LogP contribution < -0.4 is 5.73 Å². The standard InChI is InChI=1S/C20H26N2O/c21-18(14-16-8-3-1-4-9-16)20(23)15-22-13-7-12-19(22)17-10-5-2-6-11-17/h1-6,8-11,18-20,23H,7,12-15,21H2/t18-,19+,20+/m1/s1. The van der Waals surface area contributed by atoms with Crippen LogP contribution >= 0.6 is 0 Å². The van der Waals surface area contributed by atoms with Crippen LogP contribution in [0, 0.1) is 0 Å². The van der Waals surface area contributed by atoms with Gasteiger partial charge in [0.2, 0.25) is 0 Å². The SMILES string of the molecule is N[C@H](Cc1ccccc1)[C@@H](O)CN1CCC[C@H]1c1ccccc1. The third-order valence-electron chi connectivity index (χ3n) is 4.78. The fourth-order valence-corrected chi connectivity index (χ4v) is 3.50. The van der Waals surface area contributed by atoms with Gasteiger partial charge >= 0.3 is 0 Å². The second kappa shape index (κ2) is 7.73. The first kappa shape index (κ1) is 16.2. The fraction of sp³-hybridized carbons (Fsp3) is 0.400. The lowest BCUT2D eigenvalue weighted by atomic mass is 10.0. The Morgan fingerprint density at radius 3 is 2.39 bits per heavy atom. The molecular formula is C20H26N2O. The van der Waals surface area contributed by atoms with E-state index in [-0.39, 0.29) is 6.04 Å². The molecule has 3 heteroatoms. The molecule has 2 aromatic rings. The van der Waals surface area contributed by atoms with Crippen molar-refractivity contribution in [2.24, 2.45) is 5.73 Å². The number of hydrogen-bond donors (Lipinski definition) is 2. The second-order valence-electron chi connectivity index (χ2n) is 6.48. The molecule has 0 aromatic heterocycles. The minimum atomic E-state index is -0.500. The summed E-state index contributed by atoms with van der Waals surface area (Å²) >= 11 is 0. The second-order valence-corrected chi connectivity index (χ2v) is 6.48. The molecule has 0 amide bonds. The first-order chi connectivity index (χ1) is 11.2. The maximum Gasteiger partial charge on any atom is 0.0821 e. The van der Waals surface area contributed by atoms with Crippen molar-refractivity contribution < 1.29 is 5.11 Å². The van der Waals surface area contributed by atoms with E-state index >= 15 is 0 Å². The van der Waals surface area contributed by atoms with Crippen molar-refractivity contribution >= 4 is 0 Å². The van der Waals surface area contributed by atoms with Crippen molar-refractivity contribution in [1.82, 2.24) is 4.90 Å². The summed E-state index contributed by atoms with van der Waals surface area (Å²) in [6.45, 7) is 1.68. The van der Waals surface area contributed by atoms with Crippen molar-refractivity contribution in [1.29, 1.82) is 0 Å². The van der Waals surface area contributed by atoms with Crippen molar-refractivity contribution in [2.45, 2.75) is 37.5 Å². The number of benzene rings is 2. The molecule has 2 aromatic carbocycles. The van der Waals surface area contributed by atoms with Gasteiger partial charge in [-0.25, -0.2) is 0 Å². The van der Waals surface area contributed by atoms with Crippen LogP contribution in [0.15, 0.2) is 60.7 Å². The number of aliphatic hydroxyl groups is 1. The average molecular weight is 310 g/mol. The lowest BCUT2D eigenvalue weighted by molar-refractivity contribution is 0.0851. The third-order valence-corrected chi connectivity index (χ3v) is 4.78. The molecule has 1 heterocycles. The first-order valence-electron chi connectivity index (χ1n) is 8.50. The Bertz CT molecular complexity index is 587. The molecule has 0 saturated carbocycles. The molecular weight excluding hydrogens is 284 g/mol. The van der Waals surface area contributed by atoms with Crippen molar-refractivity contribution in [3.8, 4) is 0 Å². The Hall–Kier alpha value is -1.68. The van der Waals surface area contributed by atoms with Gasteiger partial charge in [0, 0.05) is 18.6 Å². The van der Waals surface area contributed by atoms with E-state index in [2.05, 4.69) is 41.3 Å². The molecule has 3 atom stereocenters. The van der Waals surface area contributed by atoms with Gasteiger partial charge in [0.25, 0.3) is 0 Å². The lowest BCUT2D eigenvalue weighted by Gasteiger charge is -2.29. The first-order valence-corrected chi connectivity index (χ1v) is 8.50. The van der Waals surface area contributed by atoms with Crippen LogP contribution in [0.4, 0.5) is 0 Å². The molecule has 122 valence electrons. The zero-order valence-electron chi connectivity index (χ0n) is 13.5. The number of nitrogens with two attached hydrogens (primary N) is 1. The molecule has 0 unspecified atom stereocenters. The Morgan fingerprint density at radius 2 is 1.70 bits per heavy atom. The Balaban J connectivity index is 1.59. The van der Waals surface area contributed by atoms with E-state index in [1.165, 1.54) is 17.5 Å². The molecule has 1 saturated heterocycles. The van der Waals surface area contributed by atoms with Gasteiger partial charge in [0.15, 0.2) is 0 Å². The molecule has 1 aliphatic rings. The maximum atomic E-state index is 10.5. The Morgan fingerprint density at radius 1 is 1.04 bits per heavy atom. The third kappa shape index (κ3) is 4.20. The van der Waals surface area contributed by atoms with E-state index in [1.807, 2.05) is 24.3 Å². The normalized spacial score (nSPS) is 21.2. The van der Waals surface area contributed by atoms with Crippen LogP contribution in [-0.4, -0.2) is 35.2 Å². The van der Waals surface area contributed by atoms with Gasteiger partial charge in [0.1, 0.15) is 0 Å². The van der Waals surface area contributed by atoms with Crippen molar-refractivity contribution in [3.05, 3.63) is 71.8 Å². The number of aliphatic hydroxyl groups excluding tert-OH is 1. The van der Waals surface area contributed by atoms with E-state index in [1.54, 1.807) is 0 Å². The Kier molecular flexibility index (Phi) is 5.44. The van der Waals surface area contributed by atoms with Gasteiger partial charge in [-0.05, 0) is 36.9 Å². The van der Waals surface area contributed by atoms with Crippen molar-refractivity contribution in [3.63, 3.8) is 0 Å². The molecule has 23 heavy (non-hydrogen) atoms.